The minimum atomic E-state index is -0.171. The normalized spacial score (nSPS) is 12.7. The van der Waals surface area contributed by atoms with Crippen LogP contribution in [-0.4, -0.2) is 11.6 Å². The topological polar surface area (TPSA) is 17.0 Å². The van der Waals surface area contributed by atoms with E-state index in [4.69, 9.17) is 0 Å². The van der Waals surface area contributed by atoms with Gasteiger partial charge in [-0.25, -0.2) is 4.39 Å². The summed E-state index contributed by atoms with van der Waals surface area (Å²) in [5.41, 5.74) is 1.89. The molecule has 0 aliphatic carbocycles. The molecule has 1 N–H and O–H groups in total. The molecule has 18 heavy (non-hydrogen) atoms. The van der Waals surface area contributed by atoms with Gasteiger partial charge in [0.25, 0.3) is 0 Å². The Morgan fingerprint density at radius 2 is 2.17 bits per heavy atom. The summed E-state index contributed by atoms with van der Waals surface area (Å²) < 4.78 is 16.5. The Bertz CT molecular complexity index is 536. The number of nitrogens with zero attached hydrogens (tertiary/aromatic N) is 1. The zero-order valence-electron chi connectivity index (χ0n) is 10.5. The molecule has 0 aliphatic heterocycles. The van der Waals surface area contributed by atoms with Crippen molar-refractivity contribution >= 4 is 15.9 Å². The summed E-state index contributed by atoms with van der Waals surface area (Å²) in [6, 6.07) is 7.37. The largest absolute Gasteiger partial charge is 0.349 e. The highest BCUT2D eigenvalue weighted by Crippen LogP contribution is 2.18. The first-order valence-corrected chi connectivity index (χ1v) is 6.66. The second-order valence-corrected chi connectivity index (χ2v) is 5.28. The van der Waals surface area contributed by atoms with Gasteiger partial charge in [-0.3, -0.25) is 0 Å². The lowest BCUT2D eigenvalue weighted by molar-refractivity contribution is 0.598. The molecular formula is C14H16BrFN2. The molecule has 1 atom stereocenters. The molecule has 1 aromatic heterocycles. The lowest BCUT2D eigenvalue weighted by Gasteiger charge is -2.08. The lowest BCUT2D eigenvalue weighted by Crippen LogP contribution is -2.11. The van der Waals surface area contributed by atoms with Gasteiger partial charge < -0.3 is 9.88 Å². The summed E-state index contributed by atoms with van der Waals surface area (Å²) in [7, 11) is 1.93. The Balaban J connectivity index is 2.18. The van der Waals surface area contributed by atoms with Crippen LogP contribution < -0.4 is 5.32 Å². The van der Waals surface area contributed by atoms with Crippen LogP contribution in [0.3, 0.4) is 0 Å². The van der Waals surface area contributed by atoms with Crippen LogP contribution in [0.15, 0.2) is 41.1 Å². The van der Waals surface area contributed by atoms with Gasteiger partial charge in [0.05, 0.1) is 0 Å². The predicted molar refractivity (Wildman–Crippen MR) is 75.1 cm³/mol. The molecule has 96 valence electrons. The monoisotopic (exact) mass is 310 g/mol. The van der Waals surface area contributed by atoms with Crippen molar-refractivity contribution in [2.75, 3.05) is 7.05 Å². The molecule has 1 aromatic carbocycles. The average molecular weight is 311 g/mol. The van der Waals surface area contributed by atoms with Crippen molar-refractivity contribution in [1.82, 2.24) is 9.88 Å². The number of hydrogen-bond acceptors (Lipinski definition) is 1. The summed E-state index contributed by atoms with van der Waals surface area (Å²) in [6.45, 7) is 2.64. The van der Waals surface area contributed by atoms with E-state index < -0.39 is 0 Å². The van der Waals surface area contributed by atoms with Crippen LogP contribution in [0, 0.1) is 5.82 Å². The molecule has 0 amide bonds. The summed E-state index contributed by atoms with van der Waals surface area (Å²) in [6.07, 6.45) is 4.02. The molecule has 2 rings (SSSR count). The Morgan fingerprint density at radius 3 is 2.89 bits per heavy atom. The number of rotatable bonds is 4. The van der Waals surface area contributed by atoms with Crippen molar-refractivity contribution in [3.63, 3.8) is 0 Å². The SMILES string of the molecule is CNC(C)c1ccn(Cc2cc(Br)ccc2F)c1. The van der Waals surface area contributed by atoms with Gasteiger partial charge in [0, 0.05) is 35.0 Å². The van der Waals surface area contributed by atoms with E-state index in [1.165, 1.54) is 11.6 Å². The van der Waals surface area contributed by atoms with Gasteiger partial charge in [-0.2, -0.15) is 0 Å². The maximum atomic E-state index is 13.6. The van der Waals surface area contributed by atoms with E-state index in [0.717, 1.165) is 4.47 Å². The van der Waals surface area contributed by atoms with E-state index in [9.17, 15) is 4.39 Å². The molecule has 0 bridgehead atoms. The number of hydrogen-bond donors (Lipinski definition) is 1. The van der Waals surface area contributed by atoms with Crippen LogP contribution in [0.5, 0.6) is 0 Å². The zero-order valence-corrected chi connectivity index (χ0v) is 12.0. The van der Waals surface area contributed by atoms with Crippen molar-refractivity contribution in [1.29, 1.82) is 0 Å². The molecular weight excluding hydrogens is 295 g/mol. The standard InChI is InChI=1S/C14H16BrFN2/c1-10(17-2)11-5-6-18(8-11)9-12-7-13(15)3-4-14(12)16/h3-8,10,17H,9H2,1-2H3. The quantitative estimate of drug-likeness (QED) is 0.910. The van der Waals surface area contributed by atoms with Crippen LogP contribution in [0.25, 0.3) is 0 Å². The molecule has 0 saturated carbocycles. The van der Waals surface area contributed by atoms with Gasteiger partial charge in [-0.1, -0.05) is 15.9 Å². The fourth-order valence-electron chi connectivity index (χ4n) is 1.84. The third-order valence-electron chi connectivity index (χ3n) is 3.07. The highest BCUT2D eigenvalue weighted by Gasteiger charge is 2.07. The molecule has 2 aromatic rings. The van der Waals surface area contributed by atoms with E-state index >= 15 is 0 Å². The smallest absolute Gasteiger partial charge is 0.128 e. The molecule has 0 saturated heterocycles. The van der Waals surface area contributed by atoms with Gasteiger partial charge in [-0.15, -0.1) is 0 Å². The molecule has 2 nitrogen and oxygen atoms in total. The second-order valence-electron chi connectivity index (χ2n) is 4.36. The maximum Gasteiger partial charge on any atom is 0.128 e. The summed E-state index contributed by atoms with van der Waals surface area (Å²) >= 11 is 3.36. The highest BCUT2D eigenvalue weighted by molar-refractivity contribution is 9.10. The minimum Gasteiger partial charge on any atom is -0.349 e. The fraction of sp³-hybridized carbons (Fsp3) is 0.286. The molecule has 0 fully saturated rings. The highest BCUT2D eigenvalue weighted by atomic mass is 79.9. The molecule has 4 heteroatoms. The summed E-state index contributed by atoms with van der Waals surface area (Å²) in [5.74, 6) is -0.171. The first kappa shape index (κ1) is 13.3. The van der Waals surface area contributed by atoms with Gasteiger partial charge in [0.1, 0.15) is 5.82 Å². The molecule has 0 spiro atoms. The van der Waals surface area contributed by atoms with Crippen LogP contribution >= 0.6 is 15.9 Å². The molecule has 0 radical (unpaired) electrons. The second kappa shape index (κ2) is 5.67. The van der Waals surface area contributed by atoms with Crippen LogP contribution in [0.2, 0.25) is 0 Å². The van der Waals surface area contributed by atoms with E-state index in [0.29, 0.717) is 18.2 Å². The lowest BCUT2D eigenvalue weighted by atomic mass is 10.2. The first-order valence-electron chi connectivity index (χ1n) is 5.87. The van der Waals surface area contributed by atoms with Gasteiger partial charge in [0.15, 0.2) is 0 Å². The van der Waals surface area contributed by atoms with Crippen molar-refractivity contribution in [3.8, 4) is 0 Å². The van der Waals surface area contributed by atoms with Gasteiger partial charge in [0.2, 0.25) is 0 Å². The third-order valence-corrected chi connectivity index (χ3v) is 3.56. The summed E-state index contributed by atoms with van der Waals surface area (Å²) in [4.78, 5) is 0. The zero-order chi connectivity index (χ0) is 13.1. The average Bonchev–Trinajstić information content (AvgIpc) is 2.81. The van der Waals surface area contributed by atoms with Crippen molar-refractivity contribution < 1.29 is 4.39 Å². The van der Waals surface area contributed by atoms with Crippen molar-refractivity contribution in [2.24, 2.45) is 0 Å². The molecule has 0 aliphatic rings. The Labute approximate surface area is 115 Å². The Morgan fingerprint density at radius 1 is 1.39 bits per heavy atom. The number of nitrogens with one attached hydrogen (secondary N) is 1. The van der Waals surface area contributed by atoms with E-state index in [2.05, 4.69) is 34.2 Å². The van der Waals surface area contributed by atoms with E-state index in [1.54, 1.807) is 6.07 Å². The molecule has 1 heterocycles. The van der Waals surface area contributed by atoms with Gasteiger partial charge >= 0.3 is 0 Å². The van der Waals surface area contributed by atoms with Crippen LogP contribution in [-0.2, 0) is 6.54 Å². The predicted octanol–water partition coefficient (Wildman–Crippen LogP) is 3.72. The maximum absolute atomic E-state index is 13.6. The molecule has 1 unspecified atom stereocenters. The van der Waals surface area contributed by atoms with Crippen molar-refractivity contribution in [3.05, 3.63) is 58.1 Å². The minimum absolute atomic E-state index is 0.171. The van der Waals surface area contributed by atoms with E-state index in [1.807, 2.05) is 30.1 Å². The number of halogens is 2. The third kappa shape index (κ3) is 3.00. The Hall–Kier alpha value is -1.13. The fourth-order valence-corrected chi connectivity index (χ4v) is 2.25. The number of benzene rings is 1. The van der Waals surface area contributed by atoms with Crippen LogP contribution in [0.1, 0.15) is 24.1 Å². The number of aromatic nitrogens is 1. The van der Waals surface area contributed by atoms with Crippen LogP contribution in [0.4, 0.5) is 4.39 Å². The van der Waals surface area contributed by atoms with E-state index in [-0.39, 0.29) is 5.82 Å². The van der Waals surface area contributed by atoms with Gasteiger partial charge in [-0.05, 0) is 43.8 Å². The Kier molecular flexibility index (Phi) is 4.19. The summed E-state index contributed by atoms with van der Waals surface area (Å²) in [5, 5.41) is 3.18. The first-order chi connectivity index (χ1) is 8.60. The van der Waals surface area contributed by atoms with Crippen molar-refractivity contribution in [2.45, 2.75) is 19.5 Å².